The van der Waals surface area contributed by atoms with Crippen LogP contribution in [0.2, 0.25) is 0 Å². The topological polar surface area (TPSA) is 81.5 Å². The molecule has 0 saturated carbocycles. The number of hydrogen-bond donors (Lipinski definition) is 0. The van der Waals surface area contributed by atoms with Gasteiger partial charge in [0.15, 0.2) is 0 Å². The number of anilines is 1. The zero-order chi connectivity index (χ0) is 22.1. The molecule has 0 aromatic heterocycles. The summed E-state index contributed by atoms with van der Waals surface area (Å²) in [4.78, 5) is 42.2. The largest absolute Gasteiger partial charge is 0.321 e. The van der Waals surface area contributed by atoms with Gasteiger partial charge < -0.3 is 4.90 Å². The molecule has 0 bridgehead atoms. The highest BCUT2D eigenvalue weighted by molar-refractivity contribution is 6.23. The number of carbonyl (C=O) groups is 3. The zero-order valence-electron chi connectivity index (χ0n) is 17.7. The highest BCUT2D eigenvalue weighted by atomic mass is 16.2. The normalized spacial score (nSPS) is 16.5. The smallest absolute Gasteiger partial charge is 0.257 e. The molecule has 1 aliphatic rings. The Morgan fingerprint density at radius 3 is 2.27 bits per heavy atom. The molecule has 1 atom stereocenters. The van der Waals surface area contributed by atoms with Gasteiger partial charge in [-0.15, -0.1) is 0 Å². The molecular weight excluding hydrogens is 378 g/mol. The van der Waals surface area contributed by atoms with Gasteiger partial charge in [-0.25, -0.2) is 4.90 Å². The van der Waals surface area contributed by atoms with Gasteiger partial charge in [-0.2, -0.15) is 5.26 Å². The van der Waals surface area contributed by atoms with Gasteiger partial charge in [0.1, 0.15) is 6.04 Å². The van der Waals surface area contributed by atoms with E-state index in [2.05, 4.69) is 0 Å². The van der Waals surface area contributed by atoms with Crippen LogP contribution in [0.4, 0.5) is 5.69 Å². The van der Waals surface area contributed by atoms with Gasteiger partial charge in [0, 0.05) is 11.1 Å². The van der Waals surface area contributed by atoms with Crippen LogP contribution in [-0.4, -0.2) is 34.2 Å². The van der Waals surface area contributed by atoms with Crippen molar-refractivity contribution in [3.05, 3.63) is 65.2 Å². The third-order valence-electron chi connectivity index (χ3n) is 5.72. The third-order valence-corrected chi connectivity index (χ3v) is 5.72. The third kappa shape index (κ3) is 3.84. The van der Waals surface area contributed by atoms with Crippen LogP contribution >= 0.6 is 0 Å². The number of amides is 3. The molecule has 3 rings (SSSR count). The molecule has 2 aromatic carbocycles. The van der Waals surface area contributed by atoms with Gasteiger partial charge in [0.25, 0.3) is 11.8 Å². The van der Waals surface area contributed by atoms with Gasteiger partial charge in [-0.1, -0.05) is 24.6 Å². The van der Waals surface area contributed by atoms with E-state index in [0.29, 0.717) is 23.2 Å². The Morgan fingerprint density at radius 1 is 1.13 bits per heavy atom. The first kappa shape index (κ1) is 21.3. The van der Waals surface area contributed by atoms with Crippen molar-refractivity contribution in [1.82, 2.24) is 4.90 Å². The molecular formula is C24H25N3O3. The molecule has 6 heteroatoms. The Morgan fingerprint density at radius 2 is 1.73 bits per heavy atom. The van der Waals surface area contributed by atoms with E-state index in [9.17, 15) is 14.4 Å². The fraction of sp³-hybridized carbons (Fsp3) is 0.333. The molecule has 1 unspecified atom stereocenters. The maximum absolute atomic E-state index is 13.4. The molecule has 1 heterocycles. The molecule has 3 amide bonds. The van der Waals surface area contributed by atoms with Crippen molar-refractivity contribution in [1.29, 1.82) is 5.26 Å². The van der Waals surface area contributed by atoms with Crippen molar-refractivity contribution in [2.45, 2.75) is 52.1 Å². The summed E-state index contributed by atoms with van der Waals surface area (Å²) in [6.07, 6.45) is 0.555. The van der Waals surface area contributed by atoms with Crippen LogP contribution in [0.3, 0.4) is 0 Å². The van der Waals surface area contributed by atoms with Crippen molar-refractivity contribution >= 4 is 23.4 Å². The van der Waals surface area contributed by atoms with E-state index in [0.717, 1.165) is 10.5 Å². The van der Waals surface area contributed by atoms with Crippen molar-refractivity contribution < 1.29 is 14.4 Å². The Hall–Kier alpha value is -3.46. The molecule has 0 spiro atoms. The summed E-state index contributed by atoms with van der Waals surface area (Å²) in [5, 5.41) is 8.97. The Kier molecular flexibility index (Phi) is 5.75. The lowest BCUT2D eigenvalue weighted by Gasteiger charge is -2.41. The summed E-state index contributed by atoms with van der Waals surface area (Å²) in [6.45, 7) is 7.70. The van der Waals surface area contributed by atoms with E-state index in [1.807, 2.05) is 45.9 Å². The highest BCUT2D eigenvalue weighted by Crippen LogP contribution is 2.32. The lowest BCUT2D eigenvalue weighted by molar-refractivity contribution is -0.123. The average molecular weight is 403 g/mol. The number of carbonyl (C=O) groups excluding carboxylic acids is 3. The van der Waals surface area contributed by atoms with Gasteiger partial charge >= 0.3 is 0 Å². The number of hydrogen-bond acceptors (Lipinski definition) is 4. The van der Waals surface area contributed by atoms with Crippen molar-refractivity contribution in [3.8, 4) is 6.07 Å². The summed E-state index contributed by atoms with van der Waals surface area (Å²) < 4.78 is 0. The zero-order valence-corrected chi connectivity index (χ0v) is 17.7. The van der Waals surface area contributed by atoms with Crippen molar-refractivity contribution in [2.24, 2.45) is 0 Å². The van der Waals surface area contributed by atoms with Crippen LogP contribution in [0, 0.1) is 18.3 Å². The second kappa shape index (κ2) is 8.11. The lowest BCUT2D eigenvalue weighted by Crippen LogP contribution is -2.55. The second-order valence-electron chi connectivity index (χ2n) is 8.15. The molecule has 0 radical (unpaired) electrons. The van der Waals surface area contributed by atoms with Crippen molar-refractivity contribution in [3.63, 3.8) is 0 Å². The first-order chi connectivity index (χ1) is 14.2. The summed E-state index contributed by atoms with van der Waals surface area (Å²) in [6, 6.07) is 14.6. The summed E-state index contributed by atoms with van der Waals surface area (Å²) in [7, 11) is 0. The number of nitrogens with zero attached hydrogens (tertiary/aromatic N) is 3. The monoisotopic (exact) mass is 403 g/mol. The fourth-order valence-electron chi connectivity index (χ4n) is 3.62. The molecule has 1 aliphatic heterocycles. The van der Waals surface area contributed by atoms with Crippen LogP contribution in [0.25, 0.3) is 0 Å². The molecule has 1 fully saturated rings. The van der Waals surface area contributed by atoms with Crippen LogP contribution in [0.5, 0.6) is 0 Å². The van der Waals surface area contributed by atoms with E-state index in [1.54, 1.807) is 41.3 Å². The molecule has 2 aromatic rings. The van der Waals surface area contributed by atoms with Crippen LogP contribution in [-0.2, 0) is 9.59 Å². The SMILES string of the molecule is CCC(C)(C)N(C(=O)c1ccc(C)cc1)C1CC(=O)N(c2ccc(C#N)cc2)C1=O. The van der Waals surface area contributed by atoms with E-state index >= 15 is 0 Å². The van der Waals surface area contributed by atoms with E-state index in [-0.39, 0.29) is 18.2 Å². The van der Waals surface area contributed by atoms with Crippen LogP contribution < -0.4 is 4.90 Å². The predicted octanol–water partition coefficient (Wildman–Crippen LogP) is 3.83. The second-order valence-corrected chi connectivity index (χ2v) is 8.15. The summed E-state index contributed by atoms with van der Waals surface area (Å²) >= 11 is 0. The van der Waals surface area contributed by atoms with Gasteiger partial charge in [-0.3, -0.25) is 14.4 Å². The maximum Gasteiger partial charge on any atom is 0.257 e. The summed E-state index contributed by atoms with van der Waals surface area (Å²) in [5.41, 5.74) is 1.75. The first-order valence-corrected chi connectivity index (χ1v) is 9.97. The molecule has 6 nitrogen and oxygen atoms in total. The van der Waals surface area contributed by atoms with E-state index < -0.39 is 17.5 Å². The average Bonchev–Trinajstić information content (AvgIpc) is 3.02. The standard InChI is InChI=1S/C24H25N3O3/c1-5-24(3,4)27(22(29)18-10-6-16(2)7-11-18)20-14-21(28)26(23(20)30)19-12-8-17(15-25)9-13-19/h6-13,20H,5,14H2,1-4H3. The van der Waals surface area contributed by atoms with E-state index in [1.165, 1.54) is 0 Å². The number of aryl methyl sites for hydroxylation is 1. The van der Waals surface area contributed by atoms with Gasteiger partial charge in [0.05, 0.1) is 23.7 Å². The van der Waals surface area contributed by atoms with Gasteiger partial charge in [-0.05, 0) is 63.6 Å². The number of rotatable bonds is 5. The molecule has 154 valence electrons. The highest BCUT2D eigenvalue weighted by Gasteiger charge is 2.48. The number of benzene rings is 2. The molecule has 0 N–H and O–H groups in total. The Labute approximate surface area is 176 Å². The molecule has 30 heavy (non-hydrogen) atoms. The van der Waals surface area contributed by atoms with Gasteiger partial charge in [0.2, 0.25) is 5.91 Å². The Balaban J connectivity index is 1.98. The van der Waals surface area contributed by atoms with Crippen molar-refractivity contribution in [2.75, 3.05) is 4.90 Å². The predicted molar refractivity (Wildman–Crippen MR) is 114 cm³/mol. The van der Waals surface area contributed by atoms with Crippen LogP contribution in [0.15, 0.2) is 48.5 Å². The summed E-state index contributed by atoms with van der Waals surface area (Å²) in [5.74, 6) is -1.05. The maximum atomic E-state index is 13.4. The fourth-order valence-corrected chi connectivity index (χ4v) is 3.62. The Bertz CT molecular complexity index is 1020. The van der Waals surface area contributed by atoms with E-state index in [4.69, 9.17) is 5.26 Å². The quantitative estimate of drug-likeness (QED) is 0.711. The lowest BCUT2D eigenvalue weighted by atomic mass is 9.94. The first-order valence-electron chi connectivity index (χ1n) is 9.97. The minimum absolute atomic E-state index is 0.0696. The number of nitriles is 1. The molecule has 0 aliphatic carbocycles. The van der Waals surface area contributed by atoms with Crippen LogP contribution in [0.1, 0.15) is 55.1 Å². The number of imide groups is 1. The minimum atomic E-state index is -0.878. The minimum Gasteiger partial charge on any atom is -0.321 e. The molecule has 1 saturated heterocycles.